The van der Waals surface area contributed by atoms with E-state index in [2.05, 4.69) is 89.3 Å². The Labute approximate surface area is 222 Å². The third kappa shape index (κ3) is 3.22. The lowest BCUT2D eigenvalue weighted by atomic mass is 10.1. The Hall–Kier alpha value is -4.74. The summed E-state index contributed by atoms with van der Waals surface area (Å²) in [6.45, 7) is 2.08. The summed E-state index contributed by atoms with van der Waals surface area (Å²) in [5.41, 5.74) is 4.39. The fourth-order valence-corrected chi connectivity index (χ4v) is 6.59. The summed E-state index contributed by atoms with van der Waals surface area (Å²) in [7, 11) is 0. The zero-order chi connectivity index (χ0) is 25.2. The van der Waals surface area contributed by atoms with Crippen molar-refractivity contribution in [2.75, 3.05) is 0 Å². The fourth-order valence-electron chi connectivity index (χ4n) is 5.50. The average Bonchev–Trinajstić information content (AvgIpc) is 3.48. The van der Waals surface area contributed by atoms with Gasteiger partial charge in [-0.05, 0) is 73.2 Å². The number of ether oxygens (including phenoxy) is 1. The highest BCUT2D eigenvalue weighted by molar-refractivity contribution is 7.26. The minimum absolute atomic E-state index is 0.787. The smallest absolute Gasteiger partial charge is 0.137 e. The molecule has 0 amide bonds. The van der Waals surface area contributed by atoms with E-state index in [1.165, 1.54) is 36.5 Å². The highest BCUT2D eigenvalue weighted by Gasteiger charge is 2.15. The van der Waals surface area contributed by atoms with E-state index in [9.17, 15) is 0 Å². The van der Waals surface area contributed by atoms with Crippen LogP contribution < -0.4 is 4.74 Å². The lowest BCUT2D eigenvalue weighted by Crippen LogP contribution is -1.96. The molecule has 0 saturated heterocycles. The molecular weight excluding hydrogens is 486 g/mol. The number of aryl methyl sites for hydroxylation is 1. The molecule has 0 N–H and O–H groups in total. The molecule has 0 bridgehead atoms. The zero-order valence-electron chi connectivity index (χ0n) is 20.6. The van der Waals surface area contributed by atoms with Gasteiger partial charge in [0.25, 0.3) is 0 Å². The summed E-state index contributed by atoms with van der Waals surface area (Å²) in [6, 6.07) is 33.7. The van der Waals surface area contributed by atoms with Crippen molar-refractivity contribution in [2.45, 2.75) is 6.92 Å². The van der Waals surface area contributed by atoms with Crippen LogP contribution in [0.25, 0.3) is 58.7 Å². The highest BCUT2D eigenvalue weighted by atomic mass is 32.1. The first-order valence-corrected chi connectivity index (χ1v) is 13.4. The summed E-state index contributed by atoms with van der Waals surface area (Å²) >= 11 is 1.79. The first kappa shape index (κ1) is 21.4. The third-order valence-electron chi connectivity index (χ3n) is 7.15. The van der Waals surface area contributed by atoms with Gasteiger partial charge in [0.2, 0.25) is 0 Å². The lowest BCUT2D eigenvalue weighted by molar-refractivity contribution is 0.484. The zero-order valence-corrected chi connectivity index (χ0v) is 21.4. The third-order valence-corrected chi connectivity index (χ3v) is 8.29. The number of nitrogens with zero attached hydrogens (tertiary/aromatic N) is 3. The van der Waals surface area contributed by atoms with Gasteiger partial charge in [-0.25, -0.2) is 4.98 Å². The van der Waals surface area contributed by atoms with Crippen LogP contribution in [0.2, 0.25) is 0 Å². The van der Waals surface area contributed by atoms with E-state index in [1.807, 2.05) is 36.7 Å². The molecule has 4 aromatic carbocycles. The van der Waals surface area contributed by atoms with Gasteiger partial charge in [0.05, 0.1) is 16.6 Å². The second kappa shape index (κ2) is 8.13. The number of aromatic nitrogens is 3. The molecule has 5 heteroatoms. The van der Waals surface area contributed by atoms with Crippen LogP contribution in [0.1, 0.15) is 5.56 Å². The monoisotopic (exact) mass is 507 g/mol. The molecule has 0 atom stereocenters. The Morgan fingerprint density at radius 3 is 2.42 bits per heavy atom. The van der Waals surface area contributed by atoms with Crippen molar-refractivity contribution in [1.82, 2.24) is 14.5 Å². The van der Waals surface area contributed by atoms with Crippen LogP contribution in [-0.4, -0.2) is 14.5 Å². The first-order valence-electron chi connectivity index (χ1n) is 12.6. The molecule has 4 nitrogen and oxygen atoms in total. The molecule has 0 fully saturated rings. The second-order valence-corrected chi connectivity index (χ2v) is 10.7. The number of pyridine rings is 2. The van der Waals surface area contributed by atoms with Crippen molar-refractivity contribution < 1.29 is 4.74 Å². The van der Waals surface area contributed by atoms with Gasteiger partial charge in [-0.3, -0.25) is 9.55 Å². The van der Waals surface area contributed by atoms with E-state index < -0.39 is 0 Å². The molecule has 0 saturated carbocycles. The molecule has 38 heavy (non-hydrogen) atoms. The minimum Gasteiger partial charge on any atom is -0.457 e. The maximum Gasteiger partial charge on any atom is 0.137 e. The molecule has 0 aliphatic heterocycles. The molecule has 0 unspecified atom stereocenters. The van der Waals surface area contributed by atoms with Crippen LogP contribution in [0.4, 0.5) is 0 Å². The normalized spacial score (nSPS) is 11.8. The molecule has 0 aliphatic rings. The van der Waals surface area contributed by atoms with Crippen molar-refractivity contribution in [2.24, 2.45) is 0 Å². The SMILES string of the molecule is Cc1cnc2c(ccc3sc4ccc(Oc5ccc6c7ccccc7n(-c7ccccn7)c6c5)cc4c32)c1. The number of fused-ring (bicyclic) bond motifs is 8. The predicted octanol–water partition coefficient (Wildman–Crippen LogP) is 9.20. The Morgan fingerprint density at radius 1 is 0.684 bits per heavy atom. The predicted molar refractivity (Wildman–Crippen MR) is 158 cm³/mol. The van der Waals surface area contributed by atoms with Crippen molar-refractivity contribution in [3.63, 3.8) is 0 Å². The summed E-state index contributed by atoms with van der Waals surface area (Å²) in [5, 5.41) is 5.90. The van der Waals surface area contributed by atoms with E-state index in [4.69, 9.17) is 9.72 Å². The molecule has 4 heterocycles. The van der Waals surface area contributed by atoms with E-state index in [0.29, 0.717) is 0 Å². The van der Waals surface area contributed by atoms with E-state index >= 15 is 0 Å². The molecule has 0 aliphatic carbocycles. The molecule has 8 aromatic rings. The quantitative estimate of drug-likeness (QED) is 0.239. The van der Waals surface area contributed by atoms with Gasteiger partial charge in [0, 0.05) is 54.8 Å². The standard InChI is InChI=1S/C33H21N3OS/c1-20-16-21-9-13-30-32(33(21)35-19-20)26-17-22(11-14-29(26)38-30)37-23-10-12-25-24-6-2-3-7-27(24)36(28(25)18-23)31-8-4-5-15-34-31/h2-19H,1H3. The van der Waals surface area contributed by atoms with Gasteiger partial charge in [-0.2, -0.15) is 0 Å². The number of benzene rings is 4. The number of rotatable bonds is 3. The van der Waals surface area contributed by atoms with Gasteiger partial charge in [0.15, 0.2) is 0 Å². The van der Waals surface area contributed by atoms with Crippen molar-refractivity contribution >= 4 is 64.2 Å². The topological polar surface area (TPSA) is 39.9 Å². The minimum atomic E-state index is 0.787. The van der Waals surface area contributed by atoms with Gasteiger partial charge in [-0.1, -0.05) is 30.3 Å². The molecular formula is C33H21N3OS. The molecule has 0 spiro atoms. The van der Waals surface area contributed by atoms with Crippen LogP contribution in [0, 0.1) is 6.92 Å². The Kier molecular flexibility index (Phi) is 4.57. The van der Waals surface area contributed by atoms with E-state index in [0.717, 1.165) is 39.3 Å². The van der Waals surface area contributed by atoms with Crippen LogP contribution >= 0.6 is 11.3 Å². The van der Waals surface area contributed by atoms with Gasteiger partial charge < -0.3 is 4.74 Å². The summed E-state index contributed by atoms with van der Waals surface area (Å²) < 4.78 is 11.2. The second-order valence-electron chi connectivity index (χ2n) is 9.60. The number of thiophene rings is 1. The Morgan fingerprint density at radius 2 is 1.50 bits per heavy atom. The molecule has 0 radical (unpaired) electrons. The summed E-state index contributed by atoms with van der Waals surface area (Å²) in [6.07, 6.45) is 3.78. The van der Waals surface area contributed by atoms with Crippen molar-refractivity contribution in [3.05, 3.63) is 115 Å². The highest BCUT2D eigenvalue weighted by Crippen LogP contribution is 2.41. The molecule has 4 aromatic heterocycles. The first-order chi connectivity index (χ1) is 18.7. The Balaban J connectivity index is 1.29. The van der Waals surface area contributed by atoms with E-state index in [1.54, 1.807) is 11.3 Å². The molecule has 180 valence electrons. The number of para-hydroxylation sites is 1. The van der Waals surface area contributed by atoms with E-state index in [-0.39, 0.29) is 0 Å². The van der Waals surface area contributed by atoms with Crippen LogP contribution in [-0.2, 0) is 0 Å². The lowest BCUT2D eigenvalue weighted by Gasteiger charge is -2.09. The van der Waals surface area contributed by atoms with Gasteiger partial charge >= 0.3 is 0 Å². The van der Waals surface area contributed by atoms with Crippen molar-refractivity contribution in [1.29, 1.82) is 0 Å². The molecule has 8 rings (SSSR count). The summed E-state index contributed by atoms with van der Waals surface area (Å²) in [4.78, 5) is 9.44. The largest absolute Gasteiger partial charge is 0.457 e. The number of hydrogen-bond donors (Lipinski definition) is 0. The maximum atomic E-state index is 6.48. The van der Waals surface area contributed by atoms with Crippen molar-refractivity contribution in [3.8, 4) is 17.3 Å². The van der Waals surface area contributed by atoms with Gasteiger partial charge in [0.1, 0.15) is 17.3 Å². The van der Waals surface area contributed by atoms with Gasteiger partial charge in [-0.15, -0.1) is 11.3 Å². The van der Waals surface area contributed by atoms with Crippen LogP contribution in [0.15, 0.2) is 109 Å². The average molecular weight is 508 g/mol. The summed E-state index contributed by atoms with van der Waals surface area (Å²) in [5.74, 6) is 2.48. The maximum absolute atomic E-state index is 6.48. The van der Waals surface area contributed by atoms with Crippen LogP contribution in [0.5, 0.6) is 11.5 Å². The fraction of sp³-hybridized carbons (Fsp3) is 0.0303. The Bertz CT molecular complexity index is 2180. The van der Waals surface area contributed by atoms with Crippen LogP contribution in [0.3, 0.4) is 0 Å². The number of hydrogen-bond acceptors (Lipinski definition) is 4.